The lowest BCUT2D eigenvalue weighted by Gasteiger charge is -2.17. The van der Waals surface area contributed by atoms with E-state index >= 15 is 0 Å². The van der Waals surface area contributed by atoms with Crippen LogP contribution in [0.5, 0.6) is 0 Å². The summed E-state index contributed by atoms with van der Waals surface area (Å²) in [5.41, 5.74) is 3.45. The first kappa shape index (κ1) is 17.8. The second-order valence-electron chi connectivity index (χ2n) is 6.40. The smallest absolute Gasteiger partial charge is 0.243 e. The van der Waals surface area contributed by atoms with E-state index in [4.69, 9.17) is 0 Å². The topological polar surface area (TPSA) is 73.5 Å². The van der Waals surface area contributed by atoms with Crippen LogP contribution >= 0.6 is 0 Å². The summed E-state index contributed by atoms with van der Waals surface area (Å²) >= 11 is 0. The first-order chi connectivity index (χ1) is 12.6. The van der Waals surface area contributed by atoms with Crippen molar-refractivity contribution in [2.75, 3.05) is 40.5 Å². The molecule has 0 aliphatic carbocycles. The SMILES string of the molecule is CC(=O)Nc1cccc(NCC(=O)Nc2ccc(N3CCCC3)cc2)c1. The zero-order valence-electron chi connectivity index (χ0n) is 14.9. The summed E-state index contributed by atoms with van der Waals surface area (Å²) < 4.78 is 0. The van der Waals surface area contributed by atoms with Crippen molar-refractivity contribution in [2.24, 2.45) is 0 Å². The van der Waals surface area contributed by atoms with E-state index in [1.165, 1.54) is 25.5 Å². The average Bonchev–Trinajstić information content (AvgIpc) is 3.15. The molecule has 136 valence electrons. The Morgan fingerprint density at radius 3 is 2.31 bits per heavy atom. The molecule has 3 N–H and O–H groups in total. The van der Waals surface area contributed by atoms with Gasteiger partial charge in [-0.15, -0.1) is 0 Å². The van der Waals surface area contributed by atoms with Gasteiger partial charge in [0.15, 0.2) is 0 Å². The number of hydrogen-bond donors (Lipinski definition) is 3. The van der Waals surface area contributed by atoms with Crippen molar-refractivity contribution in [1.82, 2.24) is 0 Å². The summed E-state index contributed by atoms with van der Waals surface area (Å²) in [5.74, 6) is -0.249. The number of amides is 2. The van der Waals surface area contributed by atoms with Gasteiger partial charge in [-0.1, -0.05) is 6.07 Å². The van der Waals surface area contributed by atoms with Crippen molar-refractivity contribution >= 4 is 34.6 Å². The van der Waals surface area contributed by atoms with Crippen molar-refractivity contribution in [3.05, 3.63) is 48.5 Å². The van der Waals surface area contributed by atoms with E-state index in [0.717, 1.165) is 24.5 Å². The minimum atomic E-state index is -0.128. The third kappa shape index (κ3) is 4.99. The van der Waals surface area contributed by atoms with Gasteiger partial charge in [0.2, 0.25) is 11.8 Å². The molecule has 6 heteroatoms. The van der Waals surface area contributed by atoms with Gasteiger partial charge in [-0.2, -0.15) is 0 Å². The summed E-state index contributed by atoms with van der Waals surface area (Å²) in [6.07, 6.45) is 2.49. The number of hydrogen-bond acceptors (Lipinski definition) is 4. The van der Waals surface area contributed by atoms with Crippen LogP contribution in [-0.4, -0.2) is 31.4 Å². The fourth-order valence-corrected chi connectivity index (χ4v) is 3.03. The van der Waals surface area contributed by atoms with E-state index in [9.17, 15) is 9.59 Å². The number of carbonyl (C=O) groups is 2. The van der Waals surface area contributed by atoms with Gasteiger partial charge in [0.25, 0.3) is 0 Å². The van der Waals surface area contributed by atoms with Crippen LogP contribution in [0, 0.1) is 0 Å². The van der Waals surface area contributed by atoms with Crippen LogP contribution < -0.4 is 20.9 Å². The maximum Gasteiger partial charge on any atom is 0.243 e. The molecule has 0 aromatic heterocycles. The molecule has 26 heavy (non-hydrogen) atoms. The first-order valence-corrected chi connectivity index (χ1v) is 8.86. The zero-order chi connectivity index (χ0) is 18.4. The van der Waals surface area contributed by atoms with E-state index in [1.54, 1.807) is 12.1 Å². The van der Waals surface area contributed by atoms with Crippen LogP contribution in [0.2, 0.25) is 0 Å². The summed E-state index contributed by atoms with van der Waals surface area (Å²) in [6.45, 7) is 3.82. The number of rotatable bonds is 6. The molecule has 0 bridgehead atoms. The highest BCUT2D eigenvalue weighted by Gasteiger charge is 2.12. The lowest BCUT2D eigenvalue weighted by molar-refractivity contribution is -0.115. The maximum atomic E-state index is 12.1. The number of benzene rings is 2. The van der Waals surface area contributed by atoms with Crippen molar-refractivity contribution in [1.29, 1.82) is 0 Å². The van der Waals surface area contributed by atoms with Crippen LogP contribution in [0.4, 0.5) is 22.7 Å². The molecule has 1 saturated heterocycles. The standard InChI is InChI=1S/C20H24N4O2/c1-15(25)22-18-6-4-5-17(13-18)21-14-20(26)23-16-7-9-19(10-8-16)24-11-2-3-12-24/h4-10,13,21H,2-3,11-12,14H2,1H3,(H,22,25)(H,23,26). The molecular weight excluding hydrogens is 328 g/mol. The van der Waals surface area contributed by atoms with E-state index in [-0.39, 0.29) is 18.4 Å². The average molecular weight is 352 g/mol. The van der Waals surface area contributed by atoms with Crippen LogP contribution in [0.1, 0.15) is 19.8 Å². The van der Waals surface area contributed by atoms with Crippen molar-refractivity contribution < 1.29 is 9.59 Å². The molecule has 2 amide bonds. The Bertz CT molecular complexity index is 768. The molecule has 0 spiro atoms. The second kappa shape index (κ2) is 8.38. The van der Waals surface area contributed by atoms with Crippen LogP contribution in [0.25, 0.3) is 0 Å². The van der Waals surface area contributed by atoms with E-state index in [2.05, 4.69) is 20.9 Å². The van der Waals surface area contributed by atoms with Gasteiger partial charge in [0.1, 0.15) is 0 Å². The van der Waals surface area contributed by atoms with Gasteiger partial charge in [0, 0.05) is 42.8 Å². The van der Waals surface area contributed by atoms with Gasteiger partial charge in [-0.05, 0) is 55.3 Å². The highest BCUT2D eigenvalue weighted by Crippen LogP contribution is 2.22. The molecule has 2 aromatic rings. The quantitative estimate of drug-likeness (QED) is 0.746. The fraction of sp³-hybridized carbons (Fsp3) is 0.300. The Kier molecular flexibility index (Phi) is 5.73. The largest absolute Gasteiger partial charge is 0.376 e. The highest BCUT2D eigenvalue weighted by molar-refractivity contribution is 5.94. The van der Waals surface area contributed by atoms with Gasteiger partial charge in [-0.3, -0.25) is 9.59 Å². The van der Waals surface area contributed by atoms with Gasteiger partial charge in [-0.25, -0.2) is 0 Å². The maximum absolute atomic E-state index is 12.1. The molecule has 2 aromatic carbocycles. The molecule has 1 fully saturated rings. The predicted molar refractivity (Wildman–Crippen MR) is 106 cm³/mol. The molecule has 3 rings (SSSR count). The Hall–Kier alpha value is -3.02. The number of nitrogens with one attached hydrogen (secondary N) is 3. The van der Waals surface area contributed by atoms with Gasteiger partial charge < -0.3 is 20.9 Å². The normalized spacial score (nSPS) is 13.3. The molecule has 1 aliphatic heterocycles. The first-order valence-electron chi connectivity index (χ1n) is 8.86. The third-order valence-corrected chi connectivity index (χ3v) is 4.26. The minimum Gasteiger partial charge on any atom is -0.376 e. The Labute approximate surface area is 153 Å². The van der Waals surface area contributed by atoms with E-state index in [0.29, 0.717) is 5.69 Å². The summed E-state index contributed by atoms with van der Waals surface area (Å²) in [7, 11) is 0. The van der Waals surface area contributed by atoms with E-state index < -0.39 is 0 Å². The van der Waals surface area contributed by atoms with Crippen LogP contribution in [0.15, 0.2) is 48.5 Å². The number of nitrogens with zero attached hydrogens (tertiary/aromatic N) is 1. The molecule has 0 saturated carbocycles. The Balaban J connectivity index is 1.50. The van der Waals surface area contributed by atoms with Gasteiger partial charge in [0.05, 0.1) is 6.54 Å². The minimum absolute atomic E-state index is 0.121. The highest BCUT2D eigenvalue weighted by atomic mass is 16.2. The predicted octanol–water partition coefficient (Wildman–Crippen LogP) is 3.30. The van der Waals surface area contributed by atoms with Crippen molar-refractivity contribution in [2.45, 2.75) is 19.8 Å². The molecule has 0 atom stereocenters. The van der Waals surface area contributed by atoms with Crippen molar-refractivity contribution in [3.63, 3.8) is 0 Å². The molecule has 6 nitrogen and oxygen atoms in total. The molecular formula is C20H24N4O2. The monoisotopic (exact) mass is 352 g/mol. The van der Waals surface area contributed by atoms with Crippen molar-refractivity contribution in [3.8, 4) is 0 Å². The van der Waals surface area contributed by atoms with Crippen LogP contribution in [0.3, 0.4) is 0 Å². The lowest BCUT2D eigenvalue weighted by Crippen LogP contribution is -2.22. The summed E-state index contributed by atoms with van der Waals surface area (Å²) in [6, 6.07) is 15.2. The molecule has 0 radical (unpaired) electrons. The summed E-state index contributed by atoms with van der Waals surface area (Å²) in [4.78, 5) is 25.6. The number of carbonyl (C=O) groups excluding carboxylic acids is 2. The van der Waals surface area contributed by atoms with E-state index in [1.807, 2.05) is 36.4 Å². The second-order valence-corrected chi connectivity index (χ2v) is 6.40. The fourth-order valence-electron chi connectivity index (χ4n) is 3.03. The van der Waals surface area contributed by atoms with Gasteiger partial charge >= 0.3 is 0 Å². The Morgan fingerprint density at radius 2 is 1.62 bits per heavy atom. The summed E-state index contributed by atoms with van der Waals surface area (Å²) in [5, 5.41) is 8.67. The zero-order valence-corrected chi connectivity index (χ0v) is 14.9. The Morgan fingerprint density at radius 1 is 0.923 bits per heavy atom. The third-order valence-electron chi connectivity index (χ3n) is 4.26. The molecule has 1 heterocycles. The molecule has 0 unspecified atom stereocenters. The molecule has 1 aliphatic rings. The van der Waals surface area contributed by atoms with Crippen LogP contribution in [-0.2, 0) is 9.59 Å². The lowest BCUT2D eigenvalue weighted by atomic mass is 10.2. The number of anilines is 4.